The Morgan fingerprint density at radius 1 is 1.19 bits per heavy atom. The third-order valence-electron chi connectivity index (χ3n) is 2.69. The topological polar surface area (TPSA) is 29.0 Å². The molecule has 1 fully saturated rings. The fourth-order valence-electron chi connectivity index (χ4n) is 1.85. The number of hydrogen-bond donors (Lipinski definition) is 0. The first-order chi connectivity index (χ1) is 7.68. The quantitative estimate of drug-likeness (QED) is 0.724. The second-order valence-electron chi connectivity index (χ2n) is 3.96. The Bertz CT molecular complexity index is 376. The predicted octanol–water partition coefficient (Wildman–Crippen LogP) is 2.69. The maximum atomic E-state index is 6.10. The highest BCUT2D eigenvalue weighted by Gasteiger charge is 2.16. The Kier molecular flexibility index (Phi) is 3.92. The lowest BCUT2D eigenvalue weighted by molar-refractivity contribution is 0.789. The average Bonchev–Trinajstić information content (AvgIpc) is 2.51. The summed E-state index contributed by atoms with van der Waals surface area (Å²) in [6.07, 6.45) is 1.21. The van der Waals surface area contributed by atoms with Gasteiger partial charge in [-0.25, -0.2) is 9.97 Å². The molecule has 0 saturated carbocycles. The lowest BCUT2D eigenvalue weighted by atomic mass is 10.3. The number of thioether (sulfide) groups is 1. The van der Waals surface area contributed by atoms with Gasteiger partial charge in [-0.15, -0.1) is 0 Å². The van der Waals surface area contributed by atoms with Gasteiger partial charge in [0.25, 0.3) is 0 Å². The van der Waals surface area contributed by atoms with E-state index in [0.29, 0.717) is 5.15 Å². The van der Waals surface area contributed by atoms with Gasteiger partial charge in [0.05, 0.1) is 0 Å². The summed E-state index contributed by atoms with van der Waals surface area (Å²) >= 11 is 8.11. The highest BCUT2D eigenvalue weighted by atomic mass is 35.5. The number of anilines is 1. The van der Waals surface area contributed by atoms with Gasteiger partial charge in [0.1, 0.15) is 16.8 Å². The molecule has 0 aliphatic carbocycles. The van der Waals surface area contributed by atoms with Crippen molar-refractivity contribution in [3.05, 3.63) is 16.5 Å². The summed E-state index contributed by atoms with van der Waals surface area (Å²) in [6, 6.07) is 0. The van der Waals surface area contributed by atoms with Crippen molar-refractivity contribution in [2.45, 2.75) is 20.3 Å². The highest BCUT2D eigenvalue weighted by molar-refractivity contribution is 7.99. The van der Waals surface area contributed by atoms with Crippen LogP contribution in [-0.4, -0.2) is 34.6 Å². The van der Waals surface area contributed by atoms with Gasteiger partial charge in [-0.3, -0.25) is 0 Å². The first-order valence-corrected chi connectivity index (χ1v) is 7.05. The van der Waals surface area contributed by atoms with Gasteiger partial charge in [-0.2, -0.15) is 11.8 Å². The van der Waals surface area contributed by atoms with Gasteiger partial charge in [0, 0.05) is 24.4 Å². The molecule has 5 heteroatoms. The first-order valence-electron chi connectivity index (χ1n) is 5.52. The number of halogens is 1. The number of nitrogens with zero attached hydrogens (tertiary/aromatic N) is 3. The van der Waals surface area contributed by atoms with Crippen LogP contribution >= 0.6 is 23.4 Å². The molecule has 1 aliphatic rings. The molecule has 1 aromatic rings. The van der Waals surface area contributed by atoms with Crippen molar-refractivity contribution >= 4 is 29.2 Å². The van der Waals surface area contributed by atoms with Gasteiger partial charge in [0.15, 0.2) is 0 Å². The van der Waals surface area contributed by atoms with E-state index in [1.54, 1.807) is 0 Å². The molecule has 0 unspecified atom stereocenters. The lowest BCUT2D eigenvalue weighted by Gasteiger charge is -2.23. The molecule has 0 bridgehead atoms. The number of aryl methyl sites for hydroxylation is 1. The normalized spacial score (nSPS) is 17.3. The Morgan fingerprint density at radius 2 is 2.00 bits per heavy atom. The van der Waals surface area contributed by atoms with Gasteiger partial charge in [-0.05, 0) is 26.0 Å². The van der Waals surface area contributed by atoms with Crippen LogP contribution in [0.2, 0.25) is 5.15 Å². The number of rotatable bonds is 1. The van der Waals surface area contributed by atoms with Crippen molar-refractivity contribution in [2.75, 3.05) is 29.5 Å². The molecule has 0 radical (unpaired) electrons. The van der Waals surface area contributed by atoms with E-state index in [1.807, 2.05) is 25.6 Å². The molecule has 0 amide bonds. The van der Waals surface area contributed by atoms with Crippen LogP contribution in [0.1, 0.15) is 17.8 Å². The SMILES string of the molecule is Cc1nc(Cl)c(C)c(N2CCCSCC2)n1. The smallest absolute Gasteiger partial charge is 0.137 e. The molecule has 88 valence electrons. The Hall–Kier alpha value is -0.480. The van der Waals surface area contributed by atoms with E-state index in [4.69, 9.17) is 11.6 Å². The van der Waals surface area contributed by atoms with Crippen molar-refractivity contribution in [3.8, 4) is 0 Å². The van der Waals surface area contributed by atoms with E-state index in [2.05, 4.69) is 14.9 Å². The Morgan fingerprint density at radius 3 is 2.81 bits per heavy atom. The molecule has 0 atom stereocenters. The average molecular weight is 258 g/mol. The van der Waals surface area contributed by atoms with Crippen LogP contribution in [0.15, 0.2) is 0 Å². The Balaban J connectivity index is 2.30. The first kappa shape index (κ1) is 12.0. The third-order valence-corrected chi connectivity index (χ3v) is 4.11. The van der Waals surface area contributed by atoms with Crippen LogP contribution in [0, 0.1) is 13.8 Å². The third kappa shape index (κ3) is 2.61. The maximum absolute atomic E-state index is 6.10. The zero-order valence-corrected chi connectivity index (χ0v) is 11.2. The van der Waals surface area contributed by atoms with Crippen LogP contribution in [-0.2, 0) is 0 Å². The lowest BCUT2D eigenvalue weighted by Crippen LogP contribution is -2.27. The molecule has 1 saturated heterocycles. The number of aromatic nitrogens is 2. The monoisotopic (exact) mass is 257 g/mol. The summed E-state index contributed by atoms with van der Waals surface area (Å²) in [5, 5.41) is 0.583. The van der Waals surface area contributed by atoms with Crippen LogP contribution in [0.3, 0.4) is 0 Å². The molecule has 0 spiro atoms. The zero-order chi connectivity index (χ0) is 11.5. The van der Waals surface area contributed by atoms with Crippen LogP contribution in [0.5, 0.6) is 0 Å². The summed E-state index contributed by atoms with van der Waals surface area (Å²) in [5.74, 6) is 4.18. The molecular formula is C11H16ClN3S. The van der Waals surface area contributed by atoms with Gasteiger partial charge < -0.3 is 4.90 Å². The summed E-state index contributed by atoms with van der Waals surface area (Å²) in [6.45, 7) is 6.01. The summed E-state index contributed by atoms with van der Waals surface area (Å²) in [4.78, 5) is 11.0. The van der Waals surface area contributed by atoms with E-state index in [-0.39, 0.29) is 0 Å². The Labute approximate surface area is 106 Å². The maximum Gasteiger partial charge on any atom is 0.137 e. The fourth-order valence-corrected chi connectivity index (χ4v) is 2.94. The molecule has 3 nitrogen and oxygen atoms in total. The minimum Gasteiger partial charge on any atom is -0.355 e. The van der Waals surface area contributed by atoms with Crippen molar-refractivity contribution < 1.29 is 0 Å². The van der Waals surface area contributed by atoms with E-state index in [9.17, 15) is 0 Å². The molecule has 0 N–H and O–H groups in total. The van der Waals surface area contributed by atoms with E-state index in [0.717, 1.165) is 30.3 Å². The second kappa shape index (κ2) is 5.23. The van der Waals surface area contributed by atoms with E-state index in [1.165, 1.54) is 17.9 Å². The summed E-state index contributed by atoms with van der Waals surface area (Å²) < 4.78 is 0. The number of hydrogen-bond acceptors (Lipinski definition) is 4. The van der Waals surface area contributed by atoms with Crippen molar-refractivity contribution in [1.82, 2.24) is 9.97 Å². The minimum absolute atomic E-state index is 0.583. The fraction of sp³-hybridized carbons (Fsp3) is 0.636. The molecule has 1 aliphatic heterocycles. The van der Waals surface area contributed by atoms with Gasteiger partial charge in [-0.1, -0.05) is 11.6 Å². The van der Waals surface area contributed by atoms with Crippen LogP contribution in [0.4, 0.5) is 5.82 Å². The van der Waals surface area contributed by atoms with Crippen molar-refractivity contribution in [1.29, 1.82) is 0 Å². The minimum atomic E-state index is 0.583. The van der Waals surface area contributed by atoms with Crippen LogP contribution < -0.4 is 4.90 Å². The molecule has 16 heavy (non-hydrogen) atoms. The molecular weight excluding hydrogens is 242 g/mol. The van der Waals surface area contributed by atoms with Crippen molar-refractivity contribution in [3.63, 3.8) is 0 Å². The van der Waals surface area contributed by atoms with Gasteiger partial charge >= 0.3 is 0 Å². The van der Waals surface area contributed by atoms with Gasteiger partial charge in [0.2, 0.25) is 0 Å². The standard InChI is InChI=1S/C11H16ClN3S/c1-8-10(12)13-9(2)14-11(8)15-4-3-6-16-7-5-15/h3-7H2,1-2H3. The highest BCUT2D eigenvalue weighted by Crippen LogP contribution is 2.25. The van der Waals surface area contributed by atoms with E-state index >= 15 is 0 Å². The molecule has 0 aromatic carbocycles. The molecule has 2 heterocycles. The molecule has 1 aromatic heterocycles. The summed E-state index contributed by atoms with van der Waals surface area (Å²) in [7, 11) is 0. The van der Waals surface area contributed by atoms with Crippen molar-refractivity contribution in [2.24, 2.45) is 0 Å². The van der Waals surface area contributed by atoms with E-state index < -0.39 is 0 Å². The predicted molar refractivity (Wildman–Crippen MR) is 70.7 cm³/mol. The molecule has 2 rings (SSSR count). The summed E-state index contributed by atoms with van der Waals surface area (Å²) in [5.41, 5.74) is 0.999. The van der Waals surface area contributed by atoms with Crippen LogP contribution in [0.25, 0.3) is 0 Å². The second-order valence-corrected chi connectivity index (χ2v) is 5.55. The zero-order valence-electron chi connectivity index (χ0n) is 9.66. The largest absolute Gasteiger partial charge is 0.355 e.